The maximum Gasteiger partial charge on any atom is 0.308 e. The Morgan fingerprint density at radius 3 is 2.75 bits per heavy atom. The first-order valence-electron chi connectivity index (χ1n) is 5.88. The van der Waals surface area contributed by atoms with Crippen LogP contribution in [0.2, 0.25) is 0 Å². The predicted molar refractivity (Wildman–Crippen MR) is 72.4 cm³/mol. The molecule has 2 atom stereocenters. The maximum atomic E-state index is 14.0. The standard InChI is InChI=1S/C12H12BrFN4O2/c1-6(12(19)20)7(2)18-11(15-16-17-18)10-8(13)4-3-5-9(10)14/h3-7H,1-2H3,(H,19,20). The summed E-state index contributed by atoms with van der Waals surface area (Å²) in [5, 5.41) is 20.2. The van der Waals surface area contributed by atoms with Gasteiger partial charge in [0.25, 0.3) is 0 Å². The van der Waals surface area contributed by atoms with Crippen molar-refractivity contribution in [1.29, 1.82) is 0 Å². The molecule has 8 heteroatoms. The minimum absolute atomic E-state index is 0.190. The Morgan fingerprint density at radius 1 is 1.45 bits per heavy atom. The lowest BCUT2D eigenvalue weighted by Crippen LogP contribution is -2.23. The molecule has 0 amide bonds. The lowest BCUT2D eigenvalue weighted by Gasteiger charge is -2.17. The molecule has 0 aliphatic heterocycles. The summed E-state index contributed by atoms with van der Waals surface area (Å²) in [6.07, 6.45) is 0. The van der Waals surface area contributed by atoms with Crippen molar-refractivity contribution >= 4 is 21.9 Å². The lowest BCUT2D eigenvalue weighted by molar-refractivity contribution is -0.142. The van der Waals surface area contributed by atoms with Gasteiger partial charge < -0.3 is 5.11 Å². The molecule has 0 saturated heterocycles. The summed E-state index contributed by atoms with van der Waals surface area (Å²) in [4.78, 5) is 11.1. The van der Waals surface area contributed by atoms with E-state index >= 15 is 0 Å². The summed E-state index contributed by atoms with van der Waals surface area (Å²) in [6.45, 7) is 3.22. The molecule has 106 valence electrons. The SMILES string of the molecule is CC(C(=O)O)C(C)n1nnnc1-c1c(F)cccc1Br. The van der Waals surface area contributed by atoms with Gasteiger partial charge in [-0.3, -0.25) is 4.79 Å². The van der Waals surface area contributed by atoms with Gasteiger partial charge in [0, 0.05) is 4.47 Å². The van der Waals surface area contributed by atoms with Gasteiger partial charge in [-0.2, -0.15) is 0 Å². The van der Waals surface area contributed by atoms with Gasteiger partial charge in [-0.05, 0) is 52.3 Å². The molecule has 1 aromatic carbocycles. The number of rotatable bonds is 4. The van der Waals surface area contributed by atoms with Crippen LogP contribution < -0.4 is 0 Å². The molecule has 1 aromatic heterocycles. The highest BCUT2D eigenvalue weighted by molar-refractivity contribution is 9.10. The van der Waals surface area contributed by atoms with Crippen LogP contribution in [0.4, 0.5) is 4.39 Å². The van der Waals surface area contributed by atoms with Gasteiger partial charge in [-0.25, -0.2) is 9.07 Å². The fraction of sp³-hybridized carbons (Fsp3) is 0.333. The zero-order chi connectivity index (χ0) is 14.9. The Kier molecular flexibility index (Phi) is 4.12. The van der Waals surface area contributed by atoms with Crippen molar-refractivity contribution in [2.24, 2.45) is 5.92 Å². The number of hydrogen-bond donors (Lipinski definition) is 1. The summed E-state index contributed by atoms with van der Waals surface area (Å²) in [5.41, 5.74) is 0.210. The van der Waals surface area contributed by atoms with E-state index in [4.69, 9.17) is 5.11 Å². The van der Waals surface area contributed by atoms with Crippen LogP contribution in [0.3, 0.4) is 0 Å². The predicted octanol–water partition coefficient (Wildman–Crippen LogP) is 2.52. The Labute approximate surface area is 122 Å². The molecule has 0 radical (unpaired) electrons. The molecule has 0 bridgehead atoms. The zero-order valence-corrected chi connectivity index (χ0v) is 12.4. The van der Waals surface area contributed by atoms with Gasteiger partial charge in [-0.15, -0.1) is 5.10 Å². The van der Waals surface area contributed by atoms with Gasteiger partial charge in [-0.1, -0.05) is 6.07 Å². The van der Waals surface area contributed by atoms with E-state index in [1.165, 1.54) is 10.7 Å². The smallest absolute Gasteiger partial charge is 0.308 e. The molecule has 0 aliphatic carbocycles. The first kappa shape index (κ1) is 14.6. The normalized spacial score (nSPS) is 14.0. The van der Waals surface area contributed by atoms with Gasteiger partial charge >= 0.3 is 5.97 Å². The van der Waals surface area contributed by atoms with Gasteiger partial charge in [0.05, 0.1) is 17.5 Å². The minimum atomic E-state index is -0.966. The summed E-state index contributed by atoms with van der Waals surface area (Å²) >= 11 is 3.25. The summed E-state index contributed by atoms with van der Waals surface area (Å²) in [7, 11) is 0. The molecule has 0 aliphatic rings. The number of halogens is 2. The Hall–Kier alpha value is -1.83. The number of carboxylic acids is 1. The molecule has 0 spiro atoms. The third-order valence-electron chi connectivity index (χ3n) is 3.18. The number of carboxylic acid groups (broad SMARTS) is 1. The van der Waals surface area contributed by atoms with Crippen molar-refractivity contribution in [3.8, 4) is 11.4 Å². The second-order valence-corrected chi connectivity index (χ2v) is 5.27. The minimum Gasteiger partial charge on any atom is -0.481 e. The number of aliphatic carboxylic acids is 1. The molecule has 20 heavy (non-hydrogen) atoms. The molecule has 1 N–H and O–H groups in total. The molecule has 6 nitrogen and oxygen atoms in total. The van der Waals surface area contributed by atoms with Crippen LogP contribution in [0, 0.1) is 11.7 Å². The van der Waals surface area contributed by atoms with Crippen LogP contribution in [-0.2, 0) is 4.79 Å². The second-order valence-electron chi connectivity index (χ2n) is 4.41. The van der Waals surface area contributed by atoms with E-state index in [2.05, 4.69) is 31.5 Å². The zero-order valence-electron chi connectivity index (χ0n) is 10.8. The van der Waals surface area contributed by atoms with E-state index < -0.39 is 23.7 Å². The van der Waals surface area contributed by atoms with E-state index in [9.17, 15) is 9.18 Å². The Morgan fingerprint density at radius 2 is 2.15 bits per heavy atom. The first-order valence-corrected chi connectivity index (χ1v) is 6.67. The summed E-state index contributed by atoms with van der Waals surface area (Å²) in [6, 6.07) is 4.01. The van der Waals surface area contributed by atoms with Crippen LogP contribution in [-0.4, -0.2) is 31.3 Å². The maximum absolute atomic E-state index is 14.0. The second kappa shape index (κ2) is 5.66. The fourth-order valence-corrected chi connectivity index (χ4v) is 2.28. The topological polar surface area (TPSA) is 80.9 Å². The van der Waals surface area contributed by atoms with Crippen molar-refractivity contribution in [3.63, 3.8) is 0 Å². The number of hydrogen-bond acceptors (Lipinski definition) is 4. The quantitative estimate of drug-likeness (QED) is 0.923. The average molecular weight is 343 g/mol. The summed E-state index contributed by atoms with van der Waals surface area (Å²) in [5.74, 6) is -1.96. The van der Waals surface area contributed by atoms with Gasteiger partial charge in [0.1, 0.15) is 5.82 Å². The average Bonchev–Trinajstić information content (AvgIpc) is 2.85. The highest BCUT2D eigenvalue weighted by atomic mass is 79.9. The van der Waals surface area contributed by atoms with Crippen molar-refractivity contribution < 1.29 is 14.3 Å². The van der Waals surface area contributed by atoms with Gasteiger partial charge in [0.15, 0.2) is 5.82 Å². The summed E-state index contributed by atoms with van der Waals surface area (Å²) < 4.78 is 15.8. The van der Waals surface area contributed by atoms with Crippen LogP contribution in [0.15, 0.2) is 22.7 Å². The van der Waals surface area contributed by atoms with Crippen molar-refractivity contribution in [3.05, 3.63) is 28.5 Å². The highest BCUT2D eigenvalue weighted by Crippen LogP contribution is 2.31. The number of tetrazole rings is 1. The molecule has 0 fully saturated rings. The van der Waals surface area contributed by atoms with E-state index in [0.717, 1.165) is 0 Å². The molecular formula is C12H12BrFN4O2. The third-order valence-corrected chi connectivity index (χ3v) is 3.84. The van der Waals surface area contributed by atoms with E-state index in [1.54, 1.807) is 26.0 Å². The number of nitrogens with zero attached hydrogens (tertiary/aromatic N) is 4. The number of aromatic nitrogens is 4. The first-order chi connectivity index (χ1) is 9.43. The van der Waals surface area contributed by atoms with Crippen LogP contribution in [0.5, 0.6) is 0 Å². The largest absolute Gasteiger partial charge is 0.481 e. The van der Waals surface area contributed by atoms with E-state index in [-0.39, 0.29) is 11.4 Å². The Bertz CT molecular complexity index is 626. The number of carbonyl (C=O) groups is 1. The van der Waals surface area contributed by atoms with E-state index in [0.29, 0.717) is 4.47 Å². The number of benzene rings is 1. The monoisotopic (exact) mass is 342 g/mol. The lowest BCUT2D eigenvalue weighted by atomic mass is 10.0. The molecule has 1 heterocycles. The van der Waals surface area contributed by atoms with Crippen molar-refractivity contribution in [2.45, 2.75) is 19.9 Å². The molecular weight excluding hydrogens is 331 g/mol. The highest BCUT2D eigenvalue weighted by Gasteiger charge is 2.26. The van der Waals surface area contributed by atoms with Crippen LogP contribution >= 0.6 is 15.9 Å². The molecule has 2 rings (SSSR count). The van der Waals surface area contributed by atoms with E-state index in [1.807, 2.05) is 0 Å². The third kappa shape index (κ3) is 2.55. The van der Waals surface area contributed by atoms with Crippen LogP contribution in [0.1, 0.15) is 19.9 Å². The molecule has 2 aromatic rings. The van der Waals surface area contributed by atoms with Gasteiger partial charge in [0.2, 0.25) is 0 Å². The molecule has 2 unspecified atom stereocenters. The Balaban J connectivity index is 2.51. The van der Waals surface area contributed by atoms with Crippen molar-refractivity contribution in [2.75, 3.05) is 0 Å². The molecule has 0 saturated carbocycles. The van der Waals surface area contributed by atoms with Crippen molar-refractivity contribution in [1.82, 2.24) is 20.2 Å². The fourth-order valence-electron chi connectivity index (χ4n) is 1.76. The van der Waals surface area contributed by atoms with Crippen LogP contribution in [0.25, 0.3) is 11.4 Å².